The monoisotopic (exact) mass is 448 g/mol. The van der Waals surface area contributed by atoms with Gasteiger partial charge in [0.15, 0.2) is 0 Å². The molecule has 0 bridgehead atoms. The van der Waals surface area contributed by atoms with Crippen LogP contribution < -0.4 is 21.8 Å². The predicted molar refractivity (Wildman–Crippen MR) is 122 cm³/mol. The van der Waals surface area contributed by atoms with E-state index in [0.717, 1.165) is 5.56 Å². The van der Waals surface area contributed by atoms with Crippen molar-refractivity contribution >= 4 is 23.4 Å². The van der Waals surface area contributed by atoms with Crippen molar-refractivity contribution in [2.45, 2.75) is 25.5 Å². The second-order valence-electron chi connectivity index (χ2n) is 6.91. The van der Waals surface area contributed by atoms with Crippen molar-refractivity contribution in [3.05, 3.63) is 65.2 Å². The quantitative estimate of drug-likeness (QED) is 0.204. The first-order chi connectivity index (χ1) is 15.8. The Morgan fingerprint density at radius 3 is 2.00 bits per heavy atom. The molecular formula is C24H24N4O5. The molecule has 0 radical (unpaired) electrons. The van der Waals surface area contributed by atoms with E-state index in [1.54, 1.807) is 36.4 Å². The third kappa shape index (κ3) is 8.13. The normalized spacial score (nSPS) is 11.5. The minimum atomic E-state index is -1.30. The zero-order valence-corrected chi connectivity index (χ0v) is 17.9. The van der Waals surface area contributed by atoms with Crippen molar-refractivity contribution in [1.82, 2.24) is 10.8 Å². The van der Waals surface area contributed by atoms with Crippen LogP contribution in [0.25, 0.3) is 0 Å². The summed E-state index contributed by atoms with van der Waals surface area (Å²) in [6, 6.07) is 12.0. The van der Waals surface area contributed by atoms with Crippen LogP contribution in [-0.2, 0) is 9.59 Å². The molecule has 0 saturated heterocycles. The van der Waals surface area contributed by atoms with Gasteiger partial charge in [0.05, 0.1) is 6.10 Å². The average molecular weight is 448 g/mol. The van der Waals surface area contributed by atoms with E-state index in [4.69, 9.17) is 10.9 Å². The molecule has 2 aromatic carbocycles. The molecule has 0 heterocycles. The number of nitrogens with one attached hydrogen (secondary N) is 3. The summed E-state index contributed by atoms with van der Waals surface area (Å²) in [6.45, 7) is 1.60. The highest BCUT2D eigenvalue weighted by Gasteiger charge is 2.25. The van der Waals surface area contributed by atoms with Gasteiger partial charge < -0.3 is 21.5 Å². The summed E-state index contributed by atoms with van der Waals surface area (Å²) in [5.41, 5.74) is 9.01. The van der Waals surface area contributed by atoms with Gasteiger partial charge in [-0.3, -0.25) is 19.6 Å². The fourth-order valence-electron chi connectivity index (χ4n) is 2.60. The Morgan fingerprint density at radius 2 is 1.52 bits per heavy atom. The summed E-state index contributed by atoms with van der Waals surface area (Å²) in [5, 5.41) is 23.4. The molecule has 0 unspecified atom stereocenters. The van der Waals surface area contributed by atoms with Crippen molar-refractivity contribution in [1.29, 1.82) is 0 Å². The number of hydrogen-bond acceptors (Lipinski definition) is 6. The summed E-state index contributed by atoms with van der Waals surface area (Å²) < 4.78 is 0. The molecule has 170 valence electrons. The minimum Gasteiger partial charge on any atom is -0.391 e. The van der Waals surface area contributed by atoms with Crippen LogP contribution in [0.5, 0.6) is 0 Å². The van der Waals surface area contributed by atoms with Gasteiger partial charge in [-0.15, -0.1) is 0 Å². The number of hydrogen-bond donors (Lipinski definition) is 6. The van der Waals surface area contributed by atoms with Gasteiger partial charge >= 0.3 is 0 Å². The van der Waals surface area contributed by atoms with Crippen LogP contribution in [-0.4, -0.2) is 46.7 Å². The Labute approximate surface area is 191 Å². The minimum absolute atomic E-state index is 0.149. The second-order valence-corrected chi connectivity index (χ2v) is 6.91. The first kappa shape index (κ1) is 25.1. The number of carbonyl (C=O) groups is 3. The van der Waals surface area contributed by atoms with E-state index in [2.05, 4.69) is 34.3 Å². The van der Waals surface area contributed by atoms with Gasteiger partial charge in [0, 0.05) is 35.3 Å². The Balaban J connectivity index is 1.97. The van der Waals surface area contributed by atoms with E-state index in [0.29, 0.717) is 11.3 Å². The topological polar surface area (TPSA) is 154 Å². The lowest BCUT2D eigenvalue weighted by Gasteiger charge is -2.19. The third-order valence-electron chi connectivity index (χ3n) is 4.32. The third-order valence-corrected chi connectivity index (χ3v) is 4.32. The fourth-order valence-corrected chi connectivity index (χ4v) is 2.60. The van der Waals surface area contributed by atoms with Gasteiger partial charge in [-0.05, 0) is 67.3 Å². The summed E-state index contributed by atoms with van der Waals surface area (Å²) in [5.74, 6) is 9.55. The average Bonchev–Trinajstić information content (AvgIpc) is 2.81. The molecular weight excluding hydrogens is 424 g/mol. The van der Waals surface area contributed by atoms with Crippen molar-refractivity contribution in [2.24, 2.45) is 5.73 Å². The maximum absolute atomic E-state index is 12.3. The van der Waals surface area contributed by atoms with E-state index in [9.17, 15) is 19.5 Å². The molecule has 2 aromatic rings. The van der Waals surface area contributed by atoms with E-state index >= 15 is 0 Å². The molecule has 9 nitrogen and oxygen atoms in total. The van der Waals surface area contributed by atoms with E-state index in [-0.39, 0.29) is 24.4 Å². The maximum Gasteiger partial charge on any atom is 0.268 e. The van der Waals surface area contributed by atoms with Gasteiger partial charge in [0.2, 0.25) is 5.91 Å². The molecule has 0 spiro atoms. The zero-order valence-electron chi connectivity index (χ0n) is 17.9. The lowest BCUT2D eigenvalue weighted by Crippen LogP contribution is -2.51. The van der Waals surface area contributed by atoms with E-state index in [1.807, 2.05) is 0 Å². The van der Waals surface area contributed by atoms with Crippen LogP contribution in [0.15, 0.2) is 48.5 Å². The van der Waals surface area contributed by atoms with Gasteiger partial charge in [-0.2, -0.15) is 0 Å². The smallest absolute Gasteiger partial charge is 0.268 e. The van der Waals surface area contributed by atoms with Crippen molar-refractivity contribution in [2.75, 3.05) is 11.9 Å². The number of aliphatic hydroxyl groups excluding tert-OH is 1. The van der Waals surface area contributed by atoms with Gasteiger partial charge in [-0.1, -0.05) is 11.8 Å². The van der Waals surface area contributed by atoms with Crippen LogP contribution in [0.3, 0.4) is 0 Å². The Kier molecular flexibility index (Phi) is 9.62. The zero-order chi connectivity index (χ0) is 24.2. The largest absolute Gasteiger partial charge is 0.391 e. The summed E-state index contributed by atoms with van der Waals surface area (Å²) >= 11 is 0. The molecule has 33 heavy (non-hydrogen) atoms. The molecule has 0 aliphatic heterocycles. The highest BCUT2D eigenvalue weighted by Crippen LogP contribution is 2.09. The van der Waals surface area contributed by atoms with Gasteiger partial charge in [0.25, 0.3) is 11.8 Å². The summed E-state index contributed by atoms with van der Waals surface area (Å²) in [7, 11) is 0. The first-order valence-corrected chi connectivity index (χ1v) is 9.99. The SMILES string of the molecule is C[C@@H](O)[C@H](NC(=O)c1ccc(C#CC#Cc2ccc(NC(=O)CCN)cc2)cc1)C(=O)NO. The number of benzene rings is 2. The number of aliphatic hydroxyl groups is 1. The predicted octanol–water partition coefficient (Wildman–Crippen LogP) is 0.362. The van der Waals surface area contributed by atoms with Crippen LogP contribution >= 0.6 is 0 Å². The molecule has 0 aliphatic rings. The lowest BCUT2D eigenvalue weighted by atomic mass is 10.1. The standard InChI is InChI=1S/C24H24N4O5/c1-16(29)22(24(32)28-33)27-23(31)19-10-6-17(7-11-19)4-2-3-5-18-8-12-20(13-9-18)26-21(30)14-15-25/h6-13,16,22,29,33H,14-15,25H2,1H3,(H,26,30)(H,27,31)(H,28,32)/t16-,22+/m1/s1. The molecule has 0 saturated carbocycles. The van der Waals surface area contributed by atoms with Crippen molar-refractivity contribution in [3.8, 4) is 23.7 Å². The number of amides is 3. The summed E-state index contributed by atoms with van der Waals surface area (Å²) in [4.78, 5) is 35.3. The highest BCUT2D eigenvalue weighted by atomic mass is 16.5. The number of carbonyl (C=O) groups excluding carboxylic acids is 3. The van der Waals surface area contributed by atoms with E-state index < -0.39 is 24.0 Å². The first-order valence-electron chi connectivity index (χ1n) is 9.99. The molecule has 0 aliphatic carbocycles. The van der Waals surface area contributed by atoms with Gasteiger partial charge in [-0.25, -0.2) is 5.48 Å². The molecule has 2 rings (SSSR count). The van der Waals surface area contributed by atoms with E-state index in [1.165, 1.54) is 24.5 Å². The van der Waals surface area contributed by atoms with Gasteiger partial charge in [0.1, 0.15) is 6.04 Å². The van der Waals surface area contributed by atoms with Crippen molar-refractivity contribution < 1.29 is 24.7 Å². The van der Waals surface area contributed by atoms with Crippen LogP contribution in [0.2, 0.25) is 0 Å². The Morgan fingerprint density at radius 1 is 0.970 bits per heavy atom. The summed E-state index contributed by atoms with van der Waals surface area (Å²) in [6.07, 6.45) is -0.942. The Bertz CT molecular complexity index is 1100. The molecule has 9 heteroatoms. The number of nitrogens with two attached hydrogens (primary N) is 1. The van der Waals surface area contributed by atoms with Crippen LogP contribution in [0, 0.1) is 23.7 Å². The lowest BCUT2D eigenvalue weighted by molar-refractivity contribution is -0.133. The second kappa shape index (κ2) is 12.6. The number of rotatable bonds is 7. The number of anilines is 1. The van der Waals surface area contributed by atoms with Crippen LogP contribution in [0.1, 0.15) is 34.8 Å². The molecule has 7 N–H and O–H groups in total. The van der Waals surface area contributed by atoms with Crippen LogP contribution in [0.4, 0.5) is 5.69 Å². The maximum atomic E-state index is 12.3. The highest BCUT2D eigenvalue weighted by molar-refractivity contribution is 5.97. The van der Waals surface area contributed by atoms with Crippen molar-refractivity contribution in [3.63, 3.8) is 0 Å². The Hall–Kier alpha value is -4.15. The molecule has 0 fully saturated rings. The molecule has 2 atom stereocenters. The molecule has 0 aromatic heterocycles. The number of hydroxylamine groups is 1. The molecule has 3 amide bonds. The fraction of sp³-hybridized carbons (Fsp3) is 0.208.